The molecule has 1 atom stereocenters. The minimum Gasteiger partial charge on any atom is -0.353 e. The van der Waals surface area contributed by atoms with Crippen LogP contribution in [0.5, 0.6) is 0 Å². The molecule has 1 aromatic carbocycles. The summed E-state index contributed by atoms with van der Waals surface area (Å²) in [5.41, 5.74) is -0.263. The molecule has 1 aromatic rings. The lowest BCUT2D eigenvalue weighted by atomic mass is 10.0. The Bertz CT molecular complexity index is 825. The van der Waals surface area contributed by atoms with E-state index in [1.54, 1.807) is 13.8 Å². The fourth-order valence-electron chi connectivity index (χ4n) is 2.14. The van der Waals surface area contributed by atoms with Gasteiger partial charge < -0.3 is 10.6 Å². The molecular formula is C16H22ClN3O6S. The number of nitro groups is 1. The molecule has 1 unspecified atom stereocenters. The van der Waals surface area contributed by atoms with Crippen molar-refractivity contribution >= 4 is 38.9 Å². The molecule has 27 heavy (non-hydrogen) atoms. The highest BCUT2D eigenvalue weighted by Gasteiger charge is 2.26. The van der Waals surface area contributed by atoms with Gasteiger partial charge in [0.25, 0.3) is 11.6 Å². The zero-order chi connectivity index (χ0) is 20.8. The first-order valence-electron chi connectivity index (χ1n) is 8.21. The van der Waals surface area contributed by atoms with Crippen LogP contribution in [0.25, 0.3) is 0 Å². The Morgan fingerprint density at radius 2 is 1.93 bits per heavy atom. The lowest BCUT2D eigenvalue weighted by molar-refractivity contribution is -0.384. The van der Waals surface area contributed by atoms with Crippen LogP contribution in [-0.4, -0.2) is 49.2 Å². The number of hydrogen-bond donors (Lipinski definition) is 2. The number of nitro benzene ring substituents is 1. The molecule has 0 saturated heterocycles. The van der Waals surface area contributed by atoms with E-state index in [4.69, 9.17) is 11.6 Å². The van der Waals surface area contributed by atoms with Crippen molar-refractivity contribution in [1.82, 2.24) is 10.6 Å². The molecule has 0 saturated carbocycles. The molecule has 150 valence electrons. The van der Waals surface area contributed by atoms with Crippen molar-refractivity contribution in [2.75, 3.05) is 18.1 Å². The van der Waals surface area contributed by atoms with E-state index in [0.717, 1.165) is 12.1 Å². The van der Waals surface area contributed by atoms with E-state index in [1.165, 1.54) is 13.0 Å². The van der Waals surface area contributed by atoms with Gasteiger partial charge in [0, 0.05) is 24.4 Å². The number of hydrogen-bond acceptors (Lipinski definition) is 6. The van der Waals surface area contributed by atoms with Crippen LogP contribution < -0.4 is 10.6 Å². The highest BCUT2D eigenvalue weighted by atomic mass is 35.5. The monoisotopic (exact) mass is 419 g/mol. The van der Waals surface area contributed by atoms with Gasteiger partial charge in [0.2, 0.25) is 5.91 Å². The van der Waals surface area contributed by atoms with Gasteiger partial charge in [-0.25, -0.2) is 8.42 Å². The maximum Gasteiger partial charge on any atom is 0.270 e. The average Bonchev–Trinajstić information content (AvgIpc) is 2.58. The number of nitrogens with zero attached hydrogens (tertiary/aromatic N) is 1. The van der Waals surface area contributed by atoms with Crippen LogP contribution in [-0.2, 0) is 14.6 Å². The van der Waals surface area contributed by atoms with Crippen LogP contribution in [0.15, 0.2) is 18.2 Å². The molecule has 9 nitrogen and oxygen atoms in total. The summed E-state index contributed by atoms with van der Waals surface area (Å²) in [5, 5.41) is 15.6. The quantitative estimate of drug-likeness (QED) is 0.460. The summed E-state index contributed by atoms with van der Waals surface area (Å²) in [7, 11) is -3.22. The zero-order valence-electron chi connectivity index (χ0n) is 15.2. The van der Waals surface area contributed by atoms with Crippen LogP contribution >= 0.6 is 11.6 Å². The fourth-order valence-corrected chi connectivity index (χ4v) is 3.10. The maximum absolute atomic E-state index is 12.4. The van der Waals surface area contributed by atoms with Gasteiger partial charge in [0.15, 0.2) is 9.84 Å². The molecule has 0 bridgehead atoms. The third-order valence-corrected chi connectivity index (χ3v) is 5.81. The molecule has 0 aromatic heterocycles. The van der Waals surface area contributed by atoms with E-state index in [0.29, 0.717) is 0 Å². The molecule has 0 aliphatic rings. The van der Waals surface area contributed by atoms with E-state index >= 15 is 0 Å². The number of amides is 2. The summed E-state index contributed by atoms with van der Waals surface area (Å²) in [4.78, 5) is 34.8. The van der Waals surface area contributed by atoms with Gasteiger partial charge >= 0.3 is 0 Å². The molecule has 0 aliphatic carbocycles. The van der Waals surface area contributed by atoms with Crippen LogP contribution in [0, 0.1) is 16.0 Å². The Morgan fingerprint density at radius 1 is 1.30 bits per heavy atom. The van der Waals surface area contributed by atoms with Crippen LogP contribution in [0.2, 0.25) is 5.02 Å². The third kappa shape index (κ3) is 6.79. The van der Waals surface area contributed by atoms with Gasteiger partial charge in [0.1, 0.15) is 6.04 Å². The smallest absolute Gasteiger partial charge is 0.270 e. The highest BCUT2D eigenvalue weighted by Crippen LogP contribution is 2.22. The second kappa shape index (κ2) is 9.65. The van der Waals surface area contributed by atoms with Crippen molar-refractivity contribution in [3.8, 4) is 0 Å². The Morgan fingerprint density at radius 3 is 2.41 bits per heavy atom. The van der Waals surface area contributed by atoms with Gasteiger partial charge in [0.05, 0.1) is 21.3 Å². The van der Waals surface area contributed by atoms with Crippen molar-refractivity contribution < 1.29 is 22.9 Å². The van der Waals surface area contributed by atoms with Crippen molar-refractivity contribution in [1.29, 1.82) is 0 Å². The molecule has 11 heteroatoms. The van der Waals surface area contributed by atoms with E-state index in [-0.39, 0.29) is 40.2 Å². The number of benzene rings is 1. The Kier molecular flexibility index (Phi) is 8.17. The lowest BCUT2D eigenvalue weighted by Gasteiger charge is -2.22. The molecule has 0 fully saturated rings. The first kappa shape index (κ1) is 22.8. The largest absolute Gasteiger partial charge is 0.353 e. The molecular weight excluding hydrogens is 398 g/mol. The number of nitrogens with one attached hydrogen (secondary N) is 2. The molecule has 0 aliphatic heterocycles. The SMILES string of the molecule is CCS(=O)(=O)CCNC(=O)C(NC(=O)c1ccc([N+](=O)[O-])cc1Cl)C(C)C. The second-order valence-corrected chi connectivity index (χ2v) is 9.02. The summed E-state index contributed by atoms with van der Waals surface area (Å²) in [6, 6.07) is 2.48. The first-order valence-corrected chi connectivity index (χ1v) is 10.4. The van der Waals surface area contributed by atoms with Gasteiger partial charge in [-0.3, -0.25) is 19.7 Å². The van der Waals surface area contributed by atoms with Crippen molar-refractivity contribution in [2.24, 2.45) is 5.92 Å². The number of sulfone groups is 1. The van der Waals surface area contributed by atoms with Crippen molar-refractivity contribution in [3.63, 3.8) is 0 Å². The van der Waals surface area contributed by atoms with E-state index in [2.05, 4.69) is 10.6 Å². The zero-order valence-corrected chi connectivity index (χ0v) is 16.8. The van der Waals surface area contributed by atoms with Crippen LogP contribution in [0.4, 0.5) is 5.69 Å². The normalized spacial score (nSPS) is 12.5. The Hall–Kier alpha value is -2.20. The number of carbonyl (C=O) groups excluding carboxylic acids is 2. The second-order valence-electron chi connectivity index (χ2n) is 6.14. The summed E-state index contributed by atoms with van der Waals surface area (Å²) in [6.07, 6.45) is 0. The van der Waals surface area contributed by atoms with Gasteiger partial charge in [-0.2, -0.15) is 0 Å². The third-order valence-electron chi connectivity index (χ3n) is 3.80. The molecule has 0 radical (unpaired) electrons. The van der Waals surface area contributed by atoms with Gasteiger partial charge in [-0.05, 0) is 12.0 Å². The summed E-state index contributed by atoms with van der Waals surface area (Å²) >= 11 is 5.93. The van der Waals surface area contributed by atoms with Gasteiger partial charge in [-0.15, -0.1) is 0 Å². The minimum absolute atomic E-state index is 0.00530. The topological polar surface area (TPSA) is 135 Å². The molecule has 0 heterocycles. The number of halogens is 1. The molecule has 1 rings (SSSR count). The Balaban J connectivity index is 2.83. The lowest BCUT2D eigenvalue weighted by Crippen LogP contribution is -2.50. The summed E-state index contributed by atoms with van der Waals surface area (Å²) in [6.45, 7) is 4.88. The van der Waals surface area contributed by atoms with Crippen LogP contribution in [0.3, 0.4) is 0 Å². The first-order chi connectivity index (χ1) is 12.5. The maximum atomic E-state index is 12.4. The van der Waals surface area contributed by atoms with E-state index in [1.807, 2.05) is 0 Å². The predicted octanol–water partition coefficient (Wildman–Crippen LogP) is 1.55. The van der Waals surface area contributed by atoms with Crippen molar-refractivity contribution in [3.05, 3.63) is 38.9 Å². The molecule has 2 amide bonds. The minimum atomic E-state index is -3.22. The summed E-state index contributed by atoms with van der Waals surface area (Å²) < 4.78 is 23.0. The fraction of sp³-hybridized carbons (Fsp3) is 0.500. The predicted molar refractivity (Wildman–Crippen MR) is 102 cm³/mol. The number of carbonyl (C=O) groups is 2. The van der Waals surface area contributed by atoms with Gasteiger partial charge in [-0.1, -0.05) is 32.4 Å². The highest BCUT2D eigenvalue weighted by molar-refractivity contribution is 7.91. The Labute approximate surface area is 162 Å². The van der Waals surface area contributed by atoms with Crippen molar-refractivity contribution in [2.45, 2.75) is 26.8 Å². The molecule has 0 spiro atoms. The number of non-ortho nitro benzene ring substituents is 1. The standard InChI is InChI=1S/C16H22ClN3O6S/c1-4-27(25,26)8-7-18-16(22)14(10(2)3)19-15(21)12-6-5-11(20(23)24)9-13(12)17/h5-6,9-10,14H,4,7-8H2,1-3H3,(H,18,22)(H,19,21). The van der Waals surface area contributed by atoms with E-state index < -0.39 is 32.6 Å². The van der Waals surface area contributed by atoms with Crippen LogP contribution in [0.1, 0.15) is 31.1 Å². The number of rotatable bonds is 9. The summed E-state index contributed by atoms with van der Waals surface area (Å²) in [5.74, 6) is -1.69. The average molecular weight is 420 g/mol. The van der Waals surface area contributed by atoms with E-state index in [9.17, 15) is 28.1 Å². The molecule has 2 N–H and O–H groups in total.